The van der Waals surface area contributed by atoms with Crippen LogP contribution in [0.25, 0.3) is 0 Å². The van der Waals surface area contributed by atoms with E-state index in [9.17, 15) is 9.90 Å². The van der Waals surface area contributed by atoms with Crippen LogP contribution in [0.5, 0.6) is 11.5 Å². The zero-order valence-corrected chi connectivity index (χ0v) is 15.5. The van der Waals surface area contributed by atoms with E-state index in [1.807, 2.05) is 13.8 Å². The average molecular weight is 336 g/mol. The second-order valence-electron chi connectivity index (χ2n) is 7.35. The molecule has 0 amide bonds. The van der Waals surface area contributed by atoms with Gasteiger partial charge in [0.05, 0.1) is 11.2 Å². The van der Waals surface area contributed by atoms with Gasteiger partial charge in [0.1, 0.15) is 6.61 Å². The number of rotatable bonds is 4. The van der Waals surface area contributed by atoms with Crippen LogP contribution < -0.4 is 9.47 Å². The first kappa shape index (κ1) is 17.8. The number of aromatic carboxylic acids is 1. The molecule has 1 heterocycles. The molecule has 5 nitrogen and oxygen atoms in total. The second kappa shape index (κ2) is 6.17. The van der Waals surface area contributed by atoms with Crippen LogP contribution in [0.2, 0.25) is 5.04 Å². The summed E-state index contributed by atoms with van der Waals surface area (Å²) >= 11 is 0. The smallest absolute Gasteiger partial charge is 0.336 e. The summed E-state index contributed by atoms with van der Waals surface area (Å²) in [7, 11) is 0.331. The number of carboxylic acid groups (broad SMARTS) is 1. The predicted octanol–water partition coefficient (Wildman–Crippen LogP) is 3.47. The van der Waals surface area contributed by atoms with Crippen LogP contribution in [-0.2, 0) is 4.43 Å². The van der Waals surface area contributed by atoms with E-state index < -0.39 is 11.6 Å². The summed E-state index contributed by atoms with van der Waals surface area (Å²) in [4.78, 5) is 11.3. The van der Waals surface area contributed by atoms with Crippen LogP contribution in [0.4, 0.5) is 0 Å². The zero-order valence-electron chi connectivity index (χ0n) is 14.5. The van der Waals surface area contributed by atoms with E-state index in [-0.39, 0.29) is 16.7 Å². The quantitative estimate of drug-likeness (QED) is 0.853. The van der Waals surface area contributed by atoms with E-state index in [0.29, 0.717) is 33.4 Å². The number of hydrogen-bond donors (Lipinski definition) is 1. The molecule has 0 fully saturated rings. The highest BCUT2D eigenvalue weighted by molar-refractivity contribution is 6.31. The molecule has 126 valence electrons. The fourth-order valence-electron chi connectivity index (χ4n) is 2.19. The number of benzene rings is 1. The van der Waals surface area contributed by atoms with Gasteiger partial charge in [-0.15, -0.1) is 0 Å². The molecule has 0 saturated carbocycles. The topological polar surface area (TPSA) is 65.0 Å². The maximum absolute atomic E-state index is 11.3. The van der Waals surface area contributed by atoms with Gasteiger partial charge in [0, 0.05) is 5.56 Å². The van der Waals surface area contributed by atoms with Gasteiger partial charge in [-0.2, -0.15) is 0 Å². The minimum absolute atomic E-state index is 0.0805. The van der Waals surface area contributed by atoms with Gasteiger partial charge < -0.3 is 19.0 Å². The minimum atomic E-state index is -0.972. The molecule has 1 aliphatic rings. The standard InChI is InChI=1S/C17H24O5Si/c1-10-11(15(18)19)7-8-12-14(10)21-13(9-20-12)17(5,6)22-23-16(2,3)4/h7-8,13H,9H2,1-6H3,(H,18,19). The molecule has 0 aliphatic carbocycles. The Bertz CT molecular complexity index is 604. The molecule has 0 saturated heterocycles. The normalized spacial score (nSPS) is 17.9. The minimum Gasteiger partial charge on any atom is -0.486 e. The molecule has 0 aromatic heterocycles. The van der Waals surface area contributed by atoms with Crippen molar-refractivity contribution in [1.82, 2.24) is 0 Å². The molecular weight excluding hydrogens is 312 g/mol. The Morgan fingerprint density at radius 3 is 2.52 bits per heavy atom. The van der Waals surface area contributed by atoms with E-state index in [4.69, 9.17) is 13.9 Å². The maximum Gasteiger partial charge on any atom is 0.336 e. The van der Waals surface area contributed by atoms with E-state index in [0.717, 1.165) is 0 Å². The van der Waals surface area contributed by atoms with Crippen LogP contribution in [0.1, 0.15) is 50.5 Å². The van der Waals surface area contributed by atoms with Crippen molar-refractivity contribution < 1.29 is 23.8 Å². The highest BCUT2D eigenvalue weighted by Gasteiger charge is 2.38. The lowest BCUT2D eigenvalue weighted by Crippen LogP contribution is -2.49. The molecule has 1 aromatic carbocycles. The largest absolute Gasteiger partial charge is 0.486 e. The number of carboxylic acids is 1. The number of carbonyl (C=O) groups is 1. The first-order valence-corrected chi connectivity index (χ1v) is 8.53. The monoisotopic (exact) mass is 336 g/mol. The Labute approximate surface area is 139 Å². The lowest BCUT2D eigenvalue weighted by Gasteiger charge is -2.39. The molecule has 1 aliphatic heterocycles. The third-order valence-corrected chi connectivity index (χ3v) is 4.89. The summed E-state index contributed by atoms with van der Waals surface area (Å²) in [6.45, 7) is 12.4. The summed E-state index contributed by atoms with van der Waals surface area (Å²) in [5.41, 5.74) is 0.270. The van der Waals surface area contributed by atoms with Gasteiger partial charge in [-0.25, -0.2) is 4.79 Å². The van der Waals surface area contributed by atoms with E-state index >= 15 is 0 Å². The third kappa shape index (κ3) is 4.06. The van der Waals surface area contributed by atoms with Crippen molar-refractivity contribution in [2.24, 2.45) is 0 Å². The van der Waals surface area contributed by atoms with Crippen LogP contribution >= 0.6 is 0 Å². The third-order valence-electron chi connectivity index (χ3n) is 3.65. The van der Waals surface area contributed by atoms with E-state index in [1.54, 1.807) is 19.1 Å². The van der Waals surface area contributed by atoms with Crippen molar-refractivity contribution in [3.63, 3.8) is 0 Å². The van der Waals surface area contributed by atoms with Gasteiger partial charge in [-0.05, 0) is 37.9 Å². The average Bonchev–Trinajstić information content (AvgIpc) is 2.44. The van der Waals surface area contributed by atoms with E-state index in [1.165, 1.54) is 0 Å². The van der Waals surface area contributed by atoms with Crippen molar-refractivity contribution in [3.05, 3.63) is 23.3 Å². The Balaban J connectivity index is 2.22. The number of hydrogen-bond acceptors (Lipinski definition) is 4. The maximum atomic E-state index is 11.3. The highest BCUT2D eigenvalue weighted by atomic mass is 28.2. The van der Waals surface area contributed by atoms with Crippen molar-refractivity contribution in [2.45, 2.75) is 58.3 Å². The Morgan fingerprint density at radius 2 is 1.96 bits per heavy atom. The summed E-state index contributed by atoms with van der Waals surface area (Å²) in [5, 5.41) is 9.33. The first-order chi connectivity index (χ1) is 10.5. The fraction of sp³-hybridized carbons (Fsp3) is 0.588. The molecule has 1 aromatic rings. The van der Waals surface area contributed by atoms with Crippen molar-refractivity contribution in [2.75, 3.05) is 6.61 Å². The summed E-state index contributed by atoms with van der Waals surface area (Å²) < 4.78 is 17.9. The lowest BCUT2D eigenvalue weighted by molar-refractivity contribution is -0.0503. The first-order valence-electron chi connectivity index (χ1n) is 7.63. The molecule has 23 heavy (non-hydrogen) atoms. The zero-order chi connectivity index (χ0) is 17.4. The van der Waals surface area contributed by atoms with Gasteiger partial charge in [0.25, 0.3) is 0 Å². The molecule has 1 N–H and O–H groups in total. The molecule has 2 radical (unpaired) electrons. The lowest BCUT2D eigenvalue weighted by atomic mass is 10.0. The number of fused-ring (bicyclic) bond motifs is 1. The fourth-order valence-corrected chi connectivity index (χ4v) is 2.89. The Morgan fingerprint density at radius 1 is 1.30 bits per heavy atom. The summed E-state index contributed by atoms with van der Waals surface area (Å²) in [6.07, 6.45) is -0.299. The highest BCUT2D eigenvalue weighted by Crippen LogP contribution is 2.39. The molecule has 6 heteroatoms. The van der Waals surface area contributed by atoms with Gasteiger partial charge in [0.15, 0.2) is 17.6 Å². The number of ether oxygens (including phenoxy) is 2. The van der Waals surface area contributed by atoms with Gasteiger partial charge in [0.2, 0.25) is 9.76 Å². The Kier molecular flexibility index (Phi) is 4.78. The predicted molar refractivity (Wildman–Crippen MR) is 88.7 cm³/mol. The van der Waals surface area contributed by atoms with Crippen LogP contribution in [-0.4, -0.2) is 39.2 Å². The van der Waals surface area contributed by atoms with Gasteiger partial charge >= 0.3 is 5.97 Å². The van der Waals surface area contributed by atoms with Crippen LogP contribution in [0.3, 0.4) is 0 Å². The van der Waals surface area contributed by atoms with Crippen LogP contribution in [0.15, 0.2) is 12.1 Å². The van der Waals surface area contributed by atoms with Crippen molar-refractivity contribution in [1.29, 1.82) is 0 Å². The molecular formula is C17H24O5Si. The van der Waals surface area contributed by atoms with Crippen molar-refractivity contribution >= 4 is 15.7 Å². The molecule has 1 atom stereocenters. The molecule has 1 unspecified atom stereocenters. The van der Waals surface area contributed by atoms with Crippen LogP contribution in [0, 0.1) is 6.92 Å². The van der Waals surface area contributed by atoms with E-state index in [2.05, 4.69) is 20.8 Å². The Hall–Kier alpha value is -1.53. The second-order valence-corrected chi connectivity index (χ2v) is 9.25. The summed E-state index contributed by atoms with van der Waals surface area (Å²) in [5.74, 6) is 0.107. The molecule has 2 rings (SSSR count). The van der Waals surface area contributed by atoms with Crippen molar-refractivity contribution in [3.8, 4) is 11.5 Å². The molecule has 0 bridgehead atoms. The SMILES string of the molecule is Cc1c(C(=O)O)ccc2c1OC(C(C)(C)O[Si]C(C)(C)C)CO2. The van der Waals surface area contributed by atoms with Gasteiger partial charge in [-0.1, -0.05) is 20.8 Å². The summed E-state index contributed by atoms with van der Waals surface area (Å²) in [6, 6.07) is 3.19. The molecule has 0 spiro atoms. The van der Waals surface area contributed by atoms with Gasteiger partial charge in [-0.3, -0.25) is 0 Å².